The van der Waals surface area contributed by atoms with Crippen LogP contribution in [0.2, 0.25) is 0 Å². The fourth-order valence-corrected chi connectivity index (χ4v) is 2.03. The van der Waals surface area contributed by atoms with Crippen LogP contribution in [0.15, 0.2) is 0 Å². The normalized spacial score (nSPS) is 19.5. The van der Waals surface area contributed by atoms with Crippen LogP contribution in [0, 0.1) is 0 Å². The van der Waals surface area contributed by atoms with Gasteiger partial charge in [0.25, 0.3) is 0 Å². The van der Waals surface area contributed by atoms with Gasteiger partial charge in [0.2, 0.25) is 5.91 Å². The molecular weight excluding hydrogens is 309 g/mol. The molecule has 0 aromatic rings. The van der Waals surface area contributed by atoms with Crippen LogP contribution in [0.4, 0.5) is 18.0 Å². The molecule has 2 atom stereocenters. The molecule has 1 aliphatic rings. The number of carbonyl (C=O) groups is 3. The van der Waals surface area contributed by atoms with Crippen molar-refractivity contribution in [2.45, 2.75) is 38.0 Å². The summed E-state index contributed by atoms with van der Waals surface area (Å²) in [5, 5.41) is 2.34. The Morgan fingerprint density at radius 3 is 2.55 bits per heavy atom. The number of likely N-dealkylation sites (tertiary alicyclic amines) is 1. The number of esters is 1. The first kappa shape index (κ1) is 18.1. The highest BCUT2D eigenvalue weighted by atomic mass is 19.4. The molecule has 22 heavy (non-hydrogen) atoms. The number of nitrogens with one attached hydrogen (secondary N) is 1. The average Bonchev–Trinajstić information content (AvgIpc) is 2.92. The third kappa shape index (κ3) is 5.08. The van der Waals surface area contributed by atoms with E-state index in [0.717, 1.165) is 12.0 Å². The summed E-state index contributed by atoms with van der Waals surface area (Å²) in [6.45, 7) is -0.207. The molecule has 7 nitrogen and oxygen atoms in total. The molecule has 0 unspecified atom stereocenters. The lowest BCUT2D eigenvalue weighted by Crippen LogP contribution is -2.50. The fraction of sp³-hybridized carbons (Fsp3) is 0.750. The van der Waals surface area contributed by atoms with Crippen molar-refractivity contribution in [2.24, 2.45) is 0 Å². The van der Waals surface area contributed by atoms with E-state index in [0.29, 0.717) is 6.42 Å². The molecular formula is C12H17F3N2O5. The molecule has 0 bridgehead atoms. The SMILES string of the molecule is COC(=O)[C@H](C)NC(=O)[C@@H]1CCCN1C(=O)OCC(F)(F)F. The molecule has 0 saturated carbocycles. The first-order valence-electron chi connectivity index (χ1n) is 6.54. The molecule has 1 rings (SSSR count). The van der Waals surface area contributed by atoms with Crippen molar-refractivity contribution in [3.63, 3.8) is 0 Å². The number of halogens is 3. The number of ether oxygens (including phenoxy) is 2. The van der Waals surface area contributed by atoms with Gasteiger partial charge in [-0.05, 0) is 19.8 Å². The minimum atomic E-state index is -4.63. The van der Waals surface area contributed by atoms with Gasteiger partial charge in [-0.15, -0.1) is 0 Å². The van der Waals surface area contributed by atoms with Crippen LogP contribution >= 0.6 is 0 Å². The van der Waals surface area contributed by atoms with Crippen LogP contribution in [0.25, 0.3) is 0 Å². The molecule has 1 saturated heterocycles. The standard InChI is InChI=1S/C12H17F3N2O5/c1-7(10(19)21-2)16-9(18)8-4-3-5-17(8)11(20)22-6-12(13,14)15/h7-8H,3-6H2,1-2H3,(H,16,18)/t7-,8-/m0/s1. The Bertz CT molecular complexity index is 441. The van der Waals surface area contributed by atoms with Crippen molar-refractivity contribution in [1.29, 1.82) is 0 Å². The quantitative estimate of drug-likeness (QED) is 0.774. The number of carbonyl (C=O) groups excluding carboxylic acids is 3. The van der Waals surface area contributed by atoms with Gasteiger partial charge < -0.3 is 14.8 Å². The number of rotatable bonds is 4. The highest BCUT2D eigenvalue weighted by molar-refractivity contribution is 5.89. The molecule has 0 radical (unpaired) electrons. The monoisotopic (exact) mass is 326 g/mol. The Morgan fingerprint density at radius 2 is 2.00 bits per heavy atom. The van der Waals surface area contributed by atoms with Gasteiger partial charge in [-0.1, -0.05) is 0 Å². The van der Waals surface area contributed by atoms with E-state index in [1.807, 2.05) is 0 Å². The van der Waals surface area contributed by atoms with Crippen LogP contribution in [0.1, 0.15) is 19.8 Å². The van der Waals surface area contributed by atoms with Gasteiger partial charge in [0.1, 0.15) is 12.1 Å². The van der Waals surface area contributed by atoms with E-state index in [4.69, 9.17) is 0 Å². The topological polar surface area (TPSA) is 84.9 Å². The Morgan fingerprint density at radius 1 is 1.36 bits per heavy atom. The number of alkyl halides is 3. The Hall–Kier alpha value is -2.00. The summed E-state index contributed by atoms with van der Waals surface area (Å²) < 4.78 is 44.7. The van der Waals surface area contributed by atoms with Crippen LogP contribution in [-0.4, -0.2) is 61.4 Å². The Balaban J connectivity index is 2.60. The third-order valence-electron chi connectivity index (χ3n) is 3.06. The highest BCUT2D eigenvalue weighted by Gasteiger charge is 2.38. The van der Waals surface area contributed by atoms with Crippen molar-refractivity contribution in [2.75, 3.05) is 20.3 Å². The lowest BCUT2D eigenvalue weighted by atomic mass is 10.2. The van der Waals surface area contributed by atoms with Gasteiger partial charge in [-0.3, -0.25) is 9.69 Å². The van der Waals surface area contributed by atoms with Crippen LogP contribution in [0.5, 0.6) is 0 Å². The summed E-state index contributed by atoms with van der Waals surface area (Å²) in [6.07, 6.45) is -5.11. The molecule has 0 aromatic heterocycles. The molecule has 126 valence electrons. The first-order chi connectivity index (χ1) is 10.2. The average molecular weight is 326 g/mol. The molecule has 0 spiro atoms. The van der Waals surface area contributed by atoms with Crippen LogP contribution < -0.4 is 5.32 Å². The smallest absolute Gasteiger partial charge is 0.422 e. The van der Waals surface area contributed by atoms with Crippen LogP contribution in [-0.2, 0) is 19.1 Å². The highest BCUT2D eigenvalue weighted by Crippen LogP contribution is 2.21. The summed E-state index contributed by atoms with van der Waals surface area (Å²) in [7, 11) is 1.15. The van der Waals surface area contributed by atoms with Crippen molar-refractivity contribution >= 4 is 18.0 Å². The Labute approximate surface area is 124 Å². The van der Waals surface area contributed by atoms with E-state index in [2.05, 4.69) is 14.8 Å². The van der Waals surface area contributed by atoms with Gasteiger partial charge in [0.15, 0.2) is 6.61 Å². The largest absolute Gasteiger partial charge is 0.467 e. The summed E-state index contributed by atoms with van der Waals surface area (Å²) in [5.74, 6) is -1.31. The second-order valence-electron chi connectivity index (χ2n) is 4.77. The van der Waals surface area contributed by atoms with E-state index >= 15 is 0 Å². The predicted molar refractivity (Wildman–Crippen MR) is 66.8 cm³/mol. The maximum absolute atomic E-state index is 12.0. The van der Waals surface area contributed by atoms with Crippen molar-refractivity contribution < 1.29 is 37.0 Å². The summed E-state index contributed by atoms with van der Waals surface area (Å²) in [4.78, 5) is 35.8. The lowest BCUT2D eigenvalue weighted by molar-refractivity contribution is -0.162. The zero-order chi connectivity index (χ0) is 16.9. The Kier molecular flexibility index (Phi) is 6.01. The van der Waals surface area contributed by atoms with Crippen LogP contribution in [0.3, 0.4) is 0 Å². The predicted octanol–water partition coefficient (Wildman–Crippen LogP) is 0.827. The van der Waals surface area contributed by atoms with Gasteiger partial charge >= 0.3 is 18.2 Å². The number of hydrogen-bond donors (Lipinski definition) is 1. The maximum atomic E-state index is 12.0. The third-order valence-corrected chi connectivity index (χ3v) is 3.06. The van der Waals surface area contributed by atoms with Crippen molar-refractivity contribution in [3.05, 3.63) is 0 Å². The molecule has 1 heterocycles. The molecule has 1 N–H and O–H groups in total. The summed E-state index contributed by atoms with van der Waals surface area (Å²) in [6, 6.07) is -1.89. The van der Waals surface area contributed by atoms with Gasteiger partial charge in [-0.25, -0.2) is 9.59 Å². The number of hydrogen-bond acceptors (Lipinski definition) is 5. The molecule has 2 amide bonds. The van der Waals surface area contributed by atoms with Crippen molar-refractivity contribution in [1.82, 2.24) is 10.2 Å². The summed E-state index contributed by atoms with van der Waals surface area (Å²) >= 11 is 0. The number of methoxy groups -OCH3 is 1. The van der Waals surface area contributed by atoms with Gasteiger partial charge in [-0.2, -0.15) is 13.2 Å². The first-order valence-corrected chi connectivity index (χ1v) is 6.54. The zero-order valence-electron chi connectivity index (χ0n) is 12.1. The van der Waals surface area contributed by atoms with Crippen molar-refractivity contribution in [3.8, 4) is 0 Å². The molecule has 0 aliphatic carbocycles. The second kappa shape index (κ2) is 7.32. The van der Waals surface area contributed by atoms with E-state index in [9.17, 15) is 27.6 Å². The molecule has 0 aromatic carbocycles. The minimum absolute atomic E-state index is 0.112. The second-order valence-corrected chi connectivity index (χ2v) is 4.77. The number of amides is 2. The molecule has 10 heteroatoms. The van der Waals surface area contributed by atoms with E-state index in [1.54, 1.807) is 0 Å². The van der Waals surface area contributed by atoms with E-state index in [-0.39, 0.29) is 13.0 Å². The zero-order valence-corrected chi connectivity index (χ0v) is 12.1. The van der Waals surface area contributed by atoms with E-state index < -0.39 is 42.8 Å². The number of nitrogens with zero attached hydrogens (tertiary/aromatic N) is 1. The molecule has 1 fully saturated rings. The minimum Gasteiger partial charge on any atom is -0.467 e. The molecule has 1 aliphatic heterocycles. The van der Waals surface area contributed by atoms with Gasteiger partial charge in [0.05, 0.1) is 7.11 Å². The fourth-order valence-electron chi connectivity index (χ4n) is 2.03. The van der Waals surface area contributed by atoms with Gasteiger partial charge in [0, 0.05) is 6.54 Å². The van der Waals surface area contributed by atoms with E-state index in [1.165, 1.54) is 6.92 Å². The maximum Gasteiger partial charge on any atom is 0.422 e. The summed E-state index contributed by atoms with van der Waals surface area (Å²) in [5.41, 5.74) is 0. The lowest BCUT2D eigenvalue weighted by Gasteiger charge is -2.24.